The summed E-state index contributed by atoms with van der Waals surface area (Å²) in [4.78, 5) is 14.6. The van der Waals surface area contributed by atoms with Gasteiger partial charge in [0.05, 0.1) is 5.92 Å². The van der Waals surface area contributed by atoms with Crippen LogP contribution in [-0.2, 0) is 4.79 Å². The summed E-state index contributed by atoms with van der Waals surface area (Å²) in [6, 6.07) is 0. The highest BCUT2D eigenvalue weighted by Gasteiger charge is 2.44. The molecule has 0 aromatic heterocycles. The van der Waals surface area contributed by atoms with E-state index < -0.39 is 24.5 Å². The van der Waals surface area contributed by atoms with Crippen molar-refractivity contribution in [1.82, 2.24) is 4.90 Å². The predicted molar refractivity (Wildman–Crippen MR) is 44.8 cm³/mol. The number of azide groups is 1. The molecule has 5 nitrogen and oxygen atoms in total. The fourth-order valence-electron chi connectivity index (χ4n) is 1.45. The van der Waals surface area contributed by atoms with Crippen molar-refractivity contribution in [3.63, 3.8) is 0 Å². The van der Waals surface area contributed by atoms with Crippen LogP contribution in [0, 0.1) is 5.92 Å². The van der Waals surface area contributed by atoms with Gasteiger partial charge in [0.2, 0.25) is 5.91 Å². The highest BCUT2D eigenvalue weighted by Crippen LogP contribution is 2.33. The lowest BCUT2D eigenvalue weighted by Gasteiger charge is -2.16. The highest BCUT2D eigenvalue weighted by atomic mass is 19.4. The molecule has 0 radical (unpaired) electrons. The van der Waals surface area contributed by atoms with Crippen LogP contribution in [-0.4, -0.2) is 36.6 Å². The maximum atomic E-state index is 12.2. The summed E-state index contributed by atoms with van der Waals surface area (Å²) in [5.41, 5.74) is 7.95. The van der Waals surface area contributed by atoms with Crippen molar-refractivity contribution in [3.8, 4) is 0 Å². The van der Waals surface area contributed by atoms with Crippen molar-refractivity contribution in [2.24, 2.45) is 11.0 Å². The Morgan fingerprint density at radius 1 is 1.60 bits per heavy atom. The molecule has 0 N–H and O–H groups in total. The molecule has 0 aliphatic carbocycles. The molecule has 1 aliphatic rings. The molecule has 84 valence electrons. The summed E-state index contributed by atoms with van der Waals surface area (Å²) < 4.78 is 36.7. The lowest BCUT2D eigenvalue weighted by atomic mass is 10.1. The van der Waals surface area contributed by atoms with Gasteiger partial charge in [-0.05, 0) is 12.0 Å². The van der Waals surface area contributed by atoms with Crippen LogP contribution in [0.25, 0.3) is 10.4 Å². The Labute approximate surface area is 83.5 Å². The minimum atomic E-state index is -4.26. The van der Waals surface area contributed by atoms with Crippen molar-refractivity contribution in [1.29, 1.82) is 0 Å². The van der Waals surface area contributed by atoms with Crippen LogP contribution >= 0.6 is 0 Å². The van der Waals surface area contributed by atoms with E-state index in [0.717, 1.165) is 4.90 Å². The zero-order chi connectivity index (χ0) is 11.5. The molecule has 1 saturated heterocycles. The first-order valence-corrected chi connectivity index (χ1v) is 4.30. The maximum absolute atomic E-state index is 12.2. The Balaban J connectivity index is 2.49. The van der Waals surface area contributed by atoms with Crippen molar-refractivity contribution >= 4 is 5.91 Å². The summed E-state index contributed by atoms with van der Waals surface area (Å²) >= 11 is 0. The third kappa shape index (κ3) is 3.02. The van der Waals surface area contributed by atoms with E-state index >= 15 is 0 Å². The van der Waals surface area contributed by atoms with E-state index in [9.17, 15) is 18.0 Å². The molecule has 0 spiro atoms. The Morgan fingerprint density at radius 3 is 2.73 bits per heavy atom. The van der Waals surface area contributed by atoms with E-state index in [1.807, 2.05) is 0 Å². The molecule has 0 bridgehead atoms. The second-order valence-electron chi connectivity index (χ2n) is 3.26. The van der Waals surface area contributed by atoms with Crippen molar-refractivity contribution in [3.05, 3.63) is 10.4 Å². The van der Waals surface area contributed by atoms with Crippen molar-refractivity contribution in [2.45, 2.75) is 12.6 Å². The molecule has 1 heterocycles. The van der Waals surface area contributed by atoms with Gasteiger partial charge in [0.1, 0.15) is 6.54 Å². The molecular formula is C7H9F3N4O. The molecule has 0 aromatic carbocycles. The van der Waals surface area contributed by atoms with Gasteiger partial charge in [0, 0.05) is 18.0 Å². The average Bonchev–Trinajstić information content (AvgIpc) is 2.62. The van der Waals surface area contributed by atoms with Crippen LogP contribution in [0.15, 0.2) is 5.11 Å². The summed E-state index contributed by atoms with van der Waals surface area (Å²) in [6.45, 7) is -0.672. The SMILES string of the molecule is [N-]=[N+]=NCC(=O)N1CC[C@H](C(F)(F)F)C1. The van der Waals surface area contributed by atoms with E-state index in [1.54, 1.807) is 0 Å². The molecule has 15 heavy (non-hydrogen) atoms. The quantitative estimate of drug-likeness (QED) is 0.398. The lowest BCUT2D eigenvalue weighted by Crippen LogP contribution is -2.33. The molecule has 1 atom stereocenters. The monoisotopic (exact) mass is 222 g/mol. The minimum absolute atomic E-state index is 0.0734. The third-order valence-electron chi connectivity index (χ3n) is 2.27. The first kappa shape index (κ1) is 11.6. The fourth-order valence-corrected chi connectivity index (χ4v) is 1.45. The standard InChI is InChI=1S/C7H9F3N4O/c8-7(9,10)5-1-2-14(4-5)6(15)3-12-13-11/h5H,1-4H2/t5-/m0/s1. The van der Waals surface area contributed by atoms with Crippen molar-refractivity contribution in [2.75, 3.05) is 19.6 Å². The molecule has 8 heteroatoms. The topological polar surface area (TPSA) is 69.1 Å². The number of alkyl halides is 3. The number of amides is 1. The predicted octanol–water partition coefficient (Wildman–Crippen LogP) is 1.71. The summed E-state index contributed by atoms with van der Waals surface area (Å²) in [5, 5.41) is 3.01. The Bertz CT molecular complexity index is 297. The van der Waals surface area contributed by atoms with E-state index in [2.05, 4.69) is 10.0 Å². The van der Waals surface area contributed by atoms with E-state index in [-0.39, 0.29) is 19.5 Å². The van der Waals surface area contributed by atoms with E-state index in [0.29, 0.717) is 0 Å². The van der Waals surface area contributed by atoms with Gasteiger partial charge in [-0.1, -0.05) is 5.11 Å². The smallest absolute Gasteiger partial charge is 0.342 e. The Hall–Kier alpha value is -1.43. The van der Waals surface area contributed by atoms with Gasteiger partial charge < -0.3 is 4.90 Å². The number of likely N-dealkylation sites (tertiary alicyclic amines) is 1. The summed E-state index contributed by atoms with van der Waals surface area (Å²) in [7, 11) is 0. The lowest BCUT2D eigenvalue weighted by molar-refractivity contribution is -0.171. The molecule has 1 rings (SSSR count). The number of rotatable bonds is 2. The molecule has 1 amide bonds. The molecule has 0 aromatic rings. The van der Waals surface area contributed by atoms with Crippen LogP contribution < -0.4 is 0 Å². The normalized spacial score (nSPS) is 21.3. The molecule has 1 aliphatic heterocycles. The number of halogens is 3. The number of hydrogen-bond acceptors (Lipinski definition) is 2. The minimum Gasteiger partial charge on any atom is -0.342 e. The number of carbonyl (C=O) groups excluding carboxylic acids is 1. The van der Waals surface area contributed by atoms with Gasteiger partial charge in [0.15, 0.2) is 0 Å². The van der Waals surface area contributed by atoms with E-state index in [4.69, 9.17) is 5.53 Å². The van der Waals surface area contributed by atoms with Crippen LogP contribution in [0.4, 0.5) is 13.2 Å². The summed E-state index contributed by atoms with van der Waals surface area (Å²) in [5.74, 6) is -2.01. The van der Waals surface area contributed by atoms with Crippen molar-refractivity contribution < 1.29 is 18.0 Å². The largest absolute Gasteiger partial charge is 0.393 e. The average molecular weight is 222 g/mol. The molecular weight excluding hydrogens is 213 g/mol. The number of hydrogen-bond donors (Lipinski definition) is 0. The number of carbonyl (C=O) groups is 1. The van der Waals surface area contributed by atoms with Gasteiger partial charge in [-0.2, -0.15) is 13.2 Å². The first-order valence-electron chi connectivity index (χ1n) is 4.30. The molecule has 0 unspecified atom stereocenters. The van der Waals surface area contributed by atoms with Gasteiger partial charge in [-0.3, -0.25) is 4.79 Å². The molecule has 0 saturated carbocycles. The van der Waals surface area contributed by atoms with Gasteiger partial charge in [0.25, 0.3) is 0 Å². The second-order valence-corrected chi connectivity index (χ2v) is 3.26. The number of nitrogens with zero attached hydrogens (tertiary/aromatic N) is 4. The van der Waals surface area contributed by atoms with Crippen LogP contribution in [0.2, 0.25) is 0 Å². The van der Waals surface area contributed by atoms with Gasteiger partial charge in [-0.25, -0.2) is 0 Å². The molecule has 1 fully saturated rings. The highest BCUT2D eigenvalue weighted by molar-refractivity contribution is 5.78. The third-order valence-corrected chi connectivity index (χ3v) is 2.27. The zero-order valence-corrected chi connectivity index (χ0v) is 7.74. The maximum Gasteiger partial charge on any atom is 0.393 e. The zero-order valence-electron chi connectivity index (χ0n) is 7.74. The fraction of sp³-hybridized carbons (Fsp3) is 0.857. The Morgan fingerprint density at radius 2 is 2.27 bits per heavy atom. The Kier molecular flexibility index (Phi) is 3.41. The van der Waals surface area contributed by atoms with E-state index in [1.165, 1.54) is 0 Å². The second kappa shape index (κ2) is 4.39. The van der Waals surface area contributed by atoms with Crippen LogP contribution in [0.1, 0.15) is 6.42 Å². The van der Waals surface area contributed by atoms with Gasteiger partial charge in [-0.15, -0.1) is 0 Å². The first-order chi connectivity index (χ1) is 6.95. The van der Waals surface area contributed by atoms with Crippen LogP contribution in [0.5, 0.6) is 0 Å². The van der Waals surface area contributed by atoms with Gasteiger partial charge >= 0.3 is 6.18 Å². The van der Waals surface area contributed by atoms with Crippen LogP contribution in [0.3, 0.4) is 0 Å². The summed E-state index contributed by atoms with van der Waals surface area (Å²) in [6.07, 6.45) is -4.33.